The number of rotatable bonds is 17. The summed E-state index contributed by atoms with van der Waals surface area (Å²) in [6, 6.07) is -5.50. The summed E-state index contributed by atoms with van der Waals surface area (Å²) >= 11 is 0. The molecule has 11 N–H and O–H groups in total. The predicted octanol–water partition coefficient (Wildman–Crippen LogP) is -3.10. The molecule has 0 aromatic heterocycles. The Kier molecular flexibility index (Phi) is 13.6. The van der Waals surface area contributed by atoms with Gasteiger partial charge in [-0.2, -0.15) is 0 Å². The number of hydrogen-bond donors (Lipinski definition) is 8. The maximum absolute atomic E-state index is 13.0. The van der Waals surface area contributed by atoms with Crippen LogP contribution < -0.4 is 33.2 Å². The summed E-state index contributed by atoms with van der Waals surface area (Å²) in [7, 11) is 0. The minimum Gasteiger partial charge on any atom is -0.481 e. The van der Waals surface area contributed by atoms with Gasteiger partial charge in [-0.05, 0) is 18.8 Å². The summed E-state index contributed by atoms with van der Waals surface area (Å²) in [5, 5.41) is 24.8. The molecular formula is C20H34N6O9. The molecule has 0 heterocycles. The monoisotopic (exact) mass is 502 g/mol. The van der Waals surface area contributed by atoms with Gasteiger partial charge in [0.15, 0.2) is 0 Å². The third-order valence-corrected chi connectivity index (χ3v) is 5.13. The predicted molar refractivity (Wildman–Crippen MR) is 120 cm³/mol. The molecule has 0 aliphatic carbocycles. The number of carbonyl (C=O) groups is 7. The van der Waals surface area contributed by atoms with E-state index in [1.165, 1.54) is 0 Å². The molecule has 0 radical (unpaired) electrons. The molecule has 0 spiro atoms. The first-order valence-corrected chi connectivity index (χ1v) is 10.9. The molecular weight excluding hydrogens is 468 g/mol. The van der Waals surface area contributed by atoms with E-state index in [-0.39, 0.29) is 25.7 Å². The van der Waals surface area contributed by atoms with Gasteiger partial charge in [-0.3, -0.25) is 28.8 Å². The van der Waals surface area contributed by atoms with Crippen LogP contribution >= 0.6 is 0 Å². The first-order valence-electron chi connectivity index (χ1n) is 10.9. The van der Waals surface area contributed by atoms with E-state index in [1.54, 1.807) is 13.8 Å². The average molecular weight is 503 g/mol. The number of primary amides is 2. The molecule has 15 nitrogen and oxygen atoms in total. The second-order valence-corrected chi connectivity index (χ2v) is 8.05. The van der Waals surface area contributed by atoms with Crippen LogP contribution in [0, 0.1) is 5.92 Å². The van der Waals surface area contributed by atoms with E-state index in [4.69, 9.17) is 22.3 Å². The molecule has 15 heteroatoms. The first-order chi connectivity index (χ1) is 16.2. The smallest absolute Gasteiger partial charge is 0.326 e. The lowest BCUT2D eigenvalue weighted by Crippen LogP contribution is -2.58. The summed E-state index contributed by atoms with van der Waals surface area (Å²) in [5.41, 5.74) is 15.8. The number of nitrogens with one attached hydrogen (secondary N) is 3. The van der Waals surface area contributed by atoms with Crippen LogP contribution in [0.5, 0.6) is 0 Å². The first kappa shape index (κ1) is 31.2. The van der Waals surface area contributed by atoms with Gasteiger partial charge in [0.25, 0.3) is 0 Å². The number of hydrogen-bond acceptors (Lipinski definition) is 8. The minimum absolute atomic E-state index is 0.171. The van der Waals surface area contributed by atoms with Gasteiger partial charge in [-0.1, -0.05) is 20.3 Å². The van der Waals surface area contributed by atoms with E-state index in [9.17, 15) is 38.7 Å². The van der Waals surface area contributed by atoms with Crippen LogP contribution in [0.15, 0.2) is 0 Å². The standard InChI is InChI=1S/C20H34N6O9/c1-3-9(2)16(26-17(31)10(21)4-7-15(29)30)19(33)24-11(5-6-13(22)27)18(32)25-12(20(34)35)8-14(23)28/h9-12,16H,3-8,21H2,1-2H3,(H2,22,27)(H2,23,28)(H,24,33)(H,25,32)(H,26,31)(H,29,30)(H,34,35). The van der Waals surface area contributed by atoms with Crippen molar-refractivity contribution in [1.29, 1.82) is 0 Å². The molecule has 0 rings (SSSR count). The van der Waals surface area contributed by atoms with Crippen molar-refractivity contribution in [1.82, 2.24) is 16.0 Å². The van der Waals surface area contributed by atoms with E-state index >= 15 is 0 Å². The number of nitrogens with two attached hydrogens (primary N) is 3. The molecule has 0 bridgehead atoms. The lowest BCUT2D eigenvalue weighted by molar-refractivity contribution is -0.144. The lowest BCUT2D eigenvalue weighted by Gasteiger charge is -2.27. The van der Waals surface area contributed by atoms with Gasteiger partial charge in [-0.25, -0.2) is 4.79 Å². The number of amides is 5. The van der Waals surface area contributed by atoms with E-state index in [0.29, 0.717) is 6.42 Å². The molecule has 0 aromatic rings. The van der Waals surface area contributed by atoms with Crippen LogP contribution in [-0.2, 0) is 33.6 Å². The number of carboxylic acid groups (broad SMARTS) is 2. The summed E-state index contributed by atoms with van der Waals surface area (Å²) in [6.45, 7) is 3.37. The van der Waals surface area contributed by atoms with Crippen LogP contribution in [0.25, 0.3) is 0 Å². The normalized spacial score (nSPS) is 14.9. The third kappa shape index (κ3) is 12.3. The third-order valence-electron chi connectivity index (χ3n) is 5.13. The fourth-order valence-corrected chi connectivity index (χ4v) is 2.86. The maximum Gasteiger partial charge on any atom is 0.326 e. The Morgan fingerprint density at radius 3 is 1.80 bits per heavy atom. The highest BCUT2D eigenvalue weighted by Gasteiger charge is 2.33. The van der Waals surface area contributed by atoms with Gasteiger partial charge in [0.1, 0.15) is 18.1 Å². The van der Waals surface area contributed by atoms with Crippen molar-refractivity contribution >= 4 is 41.5 Å². The van der Waals surface area contributed by atoms with Crippen LogP contribution in [0.4, 0.5) is 0 Å². The molecule has 0 aliphatic heterocycles. The highest BCUT2D eigenvalue weighted by atomic mass is 16.4. The Balaban J connectivity index is 5.62. The van der Waals surface area contributed by atoms with Crippen molar-refractivity contribution in [2.75, 3.05) is 0 Å². The molecule has 0 saturated carbocycles. The van der Waals surface area contributed by atoms with E-state index in [2.05, 4.69) is 16.0 Å². The Hall–Kier alpha value is -3.75. The number of carboxylic acids is 2. The molecule has 5 atom stereocenters. The average Bonchev–Trinajstić information content (AvgIpc) is 2.76. The topological polar surface area (TPSA) is 274 Å². The molecule has 5 unspecified atom stereocenters. The second-order valence-electron chi connectivity index (χ2n) is 8.05. The van der Waals surface area contributed by atoms with Crippen LogP contribution in [-0.4, -0.2) is 75.9 Å². The molecule has 198 valence electrons. The van der Waals surface area contributed by atoms with Crippen molar-refractivity contribution < 1.29 is 43.8 Å². The van der Waals surface area contributed by atoms with Gasteiger partial charge in [0.05, 0.1) is 12.5 Å². The summed E-state index contributed by atoms with van der Waals surface area (Å²) in [5.74, 6) is -7.55. The zero-order valence-electron chi connectivity index (χ0n) is 19.6. The highest BCUT2D eigenvalue weighted by Crippen LogP contribution is 2.10. The van der Waals surface area contributed by atoms with Crippen LogP contribution in [0.2, 0.25) is 0 Å². The Bertz CT molecular complexity index is 819. The SMILES string of the molecule is CCC(C)C(NC(=O)C(N)CCC(=O)O)C(=O)NC(CCC(N)=O)C(=O)NC(CC(N)=O)C(=O)O. The molecule has 35 heavy (non-hydrogen) atoms. The molecule has 5 amide bonds. The summed E-state index contributed by atoms with van der Waals surface area (Å²) in [4.78, 5) is 82.4. The van der Waals surface area contributed by atoms with Crippen molar-refractivity contribution in [3.63, 3.8) is 0 Å². The van der Waals surface area contributed by atoms with Crippen molar-refractivity contribution in [3.8, 4) is 0 Å². The highest BCUT2D eigenvalue weighted by molar-refractivity contribution is 5.95. The molecule has 0 fully saturated rings. The summed E-state index contributed by atoms with van der Waals surface area (Å²) in [6.07, 6.45) is -1.46. The Morgan fingerprint density at radius 2 is 1.34 bits per heavy atom. The second kappa shape index (κ2) is 15.2. The quantitative estimate of drug-likeness (QED) is 0.0991. The molecule has 0 aromatic carbocycles. The van der Waals surface area contributed by atoms with Crippen molar-refractivity contribution in [2.24, 2.45) is 23.1 Å². The van der Waals surface area contributed by atoms with Crippen molar-refractivity contribution in [3.05, 3.63) is 0 Å². The van der Waals surface area contributed by atoms with Gasteiger partial charge in [-0.15, -0.1) is 0 Å². The zero-order valence-corrected chi connectivity index (χ0v) is 19.6. The molecule has 0 saturated heterocycles. The fourth-order valence-electron chi connectivity index (χ4n) is 2.86. The minimum atomic E-state index is -1.68. The van der Waals surface area contributed by atoms with Gasteiger partial charge < -0.3 is 43.4 Å². The van der Waals surface area contributed by atoms with Crippen molar-refractivity contribution in [2.45, 2.75) is 76.5 Å². The zero-order chi connectivity index (χ0) is 27.3. The molecule has 0 aliphatic rings. The summed E-state index contributed by atoms with van der Waals surface area (Å²) < 4.78 is 0. The van der Waals surface area contributed by atoms with Gasteiger partial charge in [0.2, 0.25) is 29.5 Å². The van der Waals surface area contributed by atoms with Crippen LogP contribution in [0.3, 0.4) is 0 Å². The fraction of sp³-hybridized carbons (Fsp3) is 0.650. The van der Waals surface area contributed by atoms with E-state index in [1.807, 2.05) is 0 Å². The van der Waals surface area contributed by atoms with E-state index in [0.717, 1.165) is 0 Å². The Morgan fingerprint density at radius 1 is 0.771 bits per heavy atom. The van der Waals surface area contributed by atoms with Crippen LogP contribution in [0.1, 0.15) is 52.4 Å². The Labute approximate surface area is 201 Å². The largest absolute Gasteiger partial charge is 0.481 e. The van der Waals surface area contributed by atoms with Gasteiger partial charge in [0, 0.05) is 12.8 Å². The van der Waals surface area contributed by atoms with E-state index < -0.39 is 78.0 Å². The maximum atomic E-state index is 13.0. The lowest BCUT2D eigenvalue weighted by atomic mass is 9.96. The number of carbonyl (C=O) groups excluding carboxylic acids is 5. The van der Waals surface area contributed by atoms with Gasteiger partial charge >= 0.3 is 11.9 Å². The number of aliphatic carboxylic acids is 2.